The highest BCUT2D eigenvalue weighted by Crippen LogP contribution is 2.25. The third-order valence-electron chi connectivity index (χ3n) is 5.85. The van der Waals surface area contributed by atoms with Crippen LogP contribution in [0, 0.1) is 0 Å². The Labute approximate surface area is 186 Å². The molecule has 4 N–H and O–H groups in total. The number of hydrogen-bond donors (Lipinski definition) is 4. The van der Waals surface area contributed by atoms with E-state index in [9.17, 15) is 29.2 Å². The number of ether oxygens (including phenoxy) is 1. The van der Waals surface area contributed by atoms with Crippen molar-refractivity contribution in [1.82, 2.24) is 4.90 Å². The van der Waals surface area contributed by atoms with Crippen LogP contribution in [0.5, 0.6) is 0 Å². The first kappa shape index (κ1) is 24.7. The minimum absolute atomic E-state index is 0.00447. The molecule has 1 unspecified atom stereocenters. The molecule has 6 nitrogen and oxygen atoms in total. The van der Waals surface area contributed by atoms with Crippen LogP contribution in [-0.2, 0) is 11.3 Å². The number of alkyl halides is 2. The van der Waals surface area contributed by atoms with Crippen LogP contribution in [0.2, 0.25) is 0 Å². The van der Waals surface area contributed by atoms with Crippen molar-refractivity contribution in [2.45, 2.75) is 49.7 Å². The Bertz CT molecular complexity index is 821. The van der Waals surface area contributed by atoms with E-state index in [-0.39, 0.29) is 26.1 Å². The van der Waals surface area contributed by atoms with Gasteiger partial charge < -0.3 is 25.2 Å². The first-order valence-corrected chi connectivity index (χ1v) is 10.8. The fourth-order valence-electron chi connectivity index (χ4n) is 3.99. The summed E-state index contributed by atoms with van der Waals surface area (Å²) in [7, 11) is 0. The van der Waals surface area contributed by atoms with Gasteiger partial charge in [0.1, 0.15) is 18.8 Å². The van der Waals surface area contributed by atoms with Crippen LogP contribution in [0.3, 0.4) is 0 Å². The Morgan fingerprint density at radius 1 is 0.938 bits per heavy atom. The van der Waals surface area contributed by atoms with Gasteiger partial charge in [0, 0.05) is 13.0 Å². The summed E-state index contributed by atoms with van der Waals surface area (Å²) in [6, 6.07) is 16.6. The Balaban J connectivity index is 1.41. The molecule has 1 aliphatic rings. The van der Waals surface area contributed by atoms with Crippen LogP contribution >= 0.6 is 0 Å². The van der Waals surface area contributed by atoms with Gasteiger partial charge in [0.2, 0.25) is 0 Å². The number of β-amino-alcohol motifs (C(OH)–C–C–N with tert-alkyl or cyclic N) is 1. The molecule has 176 valence electrons. The molecule has 0 saturated carbocycles. The highest BCUT2D eigenvalue weighted by atomic mass is 19.3. The van der Waals surface area contributed by atoms with E-state index in [1.807, 2.05) is 54.6 Å². The number of halogens is 2. The average Bonchev–Trinajstić information content (AvgIpc) is 2.78. The van der Waals surface area contributed by atoms with Crippen molar-refractivity contribution in [2.75, 3.05) is 26.3 Å². The fourth-order valence-corrected chi connectivity index (χ4v) is 3.99. The van der Waals surface area contributed by atoms with Gasteiger partial charge in [-0.2, -0.15) is 0 Å². The number of nitrogens with zero attached hydrogens (tertiary/aromatic N) is 1. The van der Waals surface area contributed by atoms with Crippen molar-refractivity contribution in [3.05, 3.63) is 60.2 Å². The molecular weight excluding hydrogens is 420 g/mol. The lowest BCUT2D eigenvalue weighted by molar-refractivity contribution is -0.146. The minimum atomic E-state index is -3.02. The molecule has 2 aromatic carbocycles. The van der Waals surface area contributed by atoms with Crippen molar-refractivity contribution in [1.29, 1.82) is 0 Å². The molecule has 8 heteroatoms. The molecule has 1 heterocycles. The second kappa shape index (κ2) is 11.3. The van der Waals surface area contributed by atoms with Gasteiger partial charge in [-0.25, -0.2) is 8.78 Å². The average molecular weight is 452 g/mol. The van der Waals surface area contributed by atoms with Gasteiger partial charge in [0.15, 0.2) is 0 Å². The molecule has 0 bridgehead atoms. The predicted octanol–water partition coefficient (Wildman–Crippen LogP) is 2.04. The van der Waals surface area contributed by atoms with E-state index in [1.165, 1.54) is 4.90 Å². The molecule has 1 saturated heterocycles. The van der Waals surface area contributed by atoms with E-state index in [0.717, 1.165) is 16.7 Å². The zero-order valence-electron chi connectivity index (χ0n) is 17.9. The molecule has 0 radical (unpaired) electrons. The highest BCUT2D eigenvalue weighted by Gasteiger charge is 2.41. The lowest BCUT2D eigenvalue weighted by Gasteiger charge is -2.43. The first-order chi connectivity index (χ1) is 15.3. The van der Waals surface area contributed by atoms with E-state index in [2.05, 4.69) is 0 Å². The largest absolute Gasteiger partial charge is 0.395 e. The Kier molecular flexibility index (Phi) is 8.70. The SMILES string of the molecule is OC[C@@H]1[C@@H](O)C(O)[C@@H](O)CN1CCCC(F)(F)COCc1ccc(-c2ccccc2)cc1. The van der Waals surface area contributed by atoms with E-state index in [1.54, 1.807) is 0 Å². The number of benzene rings is 2. The molecule has 0 aromatic heterocycles. The number of rotatable bonds is 10. The van der Waals surface area contributed by atoms with Crippen LogP contribution < -0.4 is 0 Å². The number of piperidine rings is 1. The maximum absolute atomic E-state index is 14.2. The number of aliphatic hydroxyl groups excluding tert-OH is 4. The van der Waals surface area contributed by atoms with Crippen LogP contribution in [0.15, 0.2) is 54.6 Å². The number of hydrogen-bond acceptors (Lipinski definition) is 6. The van der Waals surface area contributed by atoms with Gasteiger partial charge in [-0.3, -0.25) is 4.90 Å². The van der Waals surface area contributed by atoms with Crippen LogP contribution in [0.4, 0.5) is 8.78 Å². The van der Waals surface area contributed by atoms with Crippen LogP contribution in [0.1, 0.15) is 18.4 Å². The van der Waals surface area contributed by atoms with Crippen molar-refractivity contribution in [3.63, 3.8) is 0 Å². The Morgan fingerprint density at radius 3 is 2.25 bits per heavy atom. The van der Waals surface area contributed by atoms with Gasteiger partial charge in [-0.05, 0) is 29.7 Å². The summed E-state index contributed by atoms with van der Waals surface area (Å²) in [4.78, 5) is 1.54. The topological polar surface area (TPSA) is 93.4 Å². The maximum Gasteiger partial charge on any atom is 0.271 e. The van der Waals surface area contributed by atoms with E-state index in [4.69, 9.17) is 4.74 Å². The second-order valence-corrected chi connectivity index (χ2v) is 8.31. The second-order valence-electron chi connectivity index (χ2n) is 8.31. The molecular formula is C24H31F2NO5. The molecule has 1 fully saturated rings. The van der Waals surface area contributed by atoms with Gasteiger partial charge in [-0.15, -0.1) is 0 Å². The van der Waals surface area contributed by atoms with Crippen molar-refractivity contribution in [3.8, 4) is 11.1 Å². The van der Waals surface area contributed by atoms with Crippen molar-refractivity contribution < 1.29 is 33.9 Å². The molecule has 32 heavy (non-hydrogen) atoms. The van der Waals surface area contributed by atoms with Gasteiger partial charge in [-0.1, -0.05) is 54.6 Å². The summed E-state index contributed by atoms with van der Waals surface area (Å²) in [5, 5.41) is 38.9. The first-order valence-electron chi connectivity index (χ1n) is 10.8. The number of likely N-dealkylation sites (tertiary alicyclic amines) is 1. The molecule has 3 rings (SSSR count). The molecule has 4 atom stereocenters. The standard InChI is InChI=1S/C24H31F2NO5/c25-24(26,11-4-12-27-13-21(29)23(31)22(30)20(27)14-28)16-32-15-17-7-9-19(10-8-17)18-5-2-1-3-6-18/h1-3,5-10,20-23,28-31H,4,11-16H2/t20-,21+,22-,23?/m1/s1. The summed E-state index contributed by atoms with van der Waals surface area (Å²) in [5.41, 5.74) is 2.93. The normalized spacial score (nSPS) is 24.6. The van der Waals surface area contributed by atoms with E-state index < -0.39 is 49.9 Å². The lowest BCUT2D eigenvalue weighted by Crippen LogP contribution is -2.62. The molecule has 1 aliphatic heterocycles. The Morgan fingerprint density at radius 2 is 1.59 bits per heavy atom. The molecule has 0 amide bonds. The molecule has 0 aliphatic carbocycles. The van der Waals surface area contributed by atoms with Crippen molar-refractivity contribution in [2.24, 2.45) is 0 Å². The summed E-state index contributed by atoms with van der Waals surface area (Å²) in [5.74, 6) is -3.02. The minimum Gasteiger partial charge on any atom is -0.395 e. The third-order valence-corrected chi connectivity index (χ3v) is 5.85. The lowest BCUT2D eigenvalue weighted by atomic mass is 9.94. The van der Waals surface area contributed by atoms with Gasteiger partial charge >= 0.3 is 0 Å². The summed E-state index contributed by atoms with van der Waals surface area (Å²) >= 11 is 0. The molecule has 0 spiro atoms. The smallest absolute Gasteiger partial charge is 0.271 e. The Hall–Kier alpha value is -1.94. The zero-order valence-corrected chi connectivity index (χ0v) is 17.9. The van der Waals surface area contributed by atoms with E-state index in [0.29, 0.717) is 0 Å². The van der Waals surface area contributed by atoms with Crippen molar-refractivity contribution >= 4 is 0 Å². The summed E-state index contributed by atoms with van der Waals surface area (Å²) in [6.07, 6.45) is -4.22. The van der Waals surface area contributed by atoms with Gasteiger partial charge in [0.25, 0.3) is 5.92 Å². The summed E-state index contributed by atoms with van der Waals surface area (Å²) < 4.78 is 33.7. The van der Waals surface area contributed by atoms with Crippen LogP contribution in [0.25, 0.3) is 11.1 Å². The van der Waals surface area contributed by atoms with Gasteiger partial charge in [0.05, 0.1) is 25.4 Å². The van der Waals surface area contributed by atoms with E-state index >= 15 is 0 Å². The molecule has 2 aromatic rings. The fraction of sp³-hybridized carbons (Fsp3) is 0.500. The highest BCUT2D eigenvalue weighted by molar-refractivity contribution is 5.63. The summed E-state index contributed by atoms with van der Waals surface area (Å²) in [6.45, 7) is -0.902. The monoisotopic (exact) mass is 451 g/mol. The predicted molar refractivity (Wildman–Crippen MR) is 116 cm³/mol. The third kappa shape index (κ3) is 6.54. The quantitative estimate of drug-likeness (QED) is 0.442. The zero-order chi connectivity index (χ0) is 23.1. The van der Waals surface area contributed by atoms with Crippen LogP contribution in [-0.4, -0.2) is 81.9 Å². The number of aliphatic hydroxyl groups is 4. The maximum atomic E-state index is 14.2.